The van der Waals surface area contributed by atoms with E-state index in [4.69, 9.17) is 22.1 Å². The van der Waals surface area contributed by atoms with Crippen molar-refractivity contribution in [1.82, 2.24) is 15.2 Å². The zero-order chi connectivity index (χ0) is 15.5. The maximum Gasteiger partial charge on any atom is 0.181 e. The number of methoxy groups -OCH3 is 1. The highest BCUT2D eigenvalue weighted by molar-refractivity contribution is 6.30. The Balaban J connectivity index is 1.88. The molecule has 0 aliphatic rings. The summed E-state index contributed by atoms with van der Waals surface area (Å²) in [5, 5.41) is 7.79. The fourth-order valence-corrected chi connectivity index (χ4v) is 2.26. The molecule has 1 atom stereocenters. The standard InChI is InChI=1S/C16H15ClN4O/c1-22-13-4-2-3-11(9-13)15-19-16(21-20-15)14(18)10-5-7-12(17)8-6-10/h2-9,14H,18H2,1H3,(H,19,20,21). The number of halogens is 1. The fraction of sp³-hybridized carbons (Fsp3) is 0.125. The Morgan fingerprint density at radius 1 is 1.18 bits per heavy atom. The largest absolute Gasteiger partial charge is 0.497 e. The van der Waals surface area contributed by atoms with Gasteiger partial charge >= 0.3 is 0 Å². The summed E-state index contributed by atoms with van der Waals surface area (Å²) >= 11 is 5.89. The molecule has 6 heteroatoms. The summed E-state index contributed by atoms with van der Waals surface area (Å²) in [5.74, 6) is 1.93. The number of ether oxygens (including phenoxy) is 1. The van der Waals surface area contributed by atoms with Crippen molar-refractivity contribution in [3.05, 3.63) is 64.9 Å². The van der Waals surface area contributed by atoms with E-state index in [-0.39, 0.29) is 6.04 Å². The summed E-state index contributed by atoms with van der Waals surface area (Å²) in [6, 6.07) is 14.5. The minimum atomic E-state index is -0.385. The van der Waals surface area contributed by atoms with Crippen LogP contribution in [0, 0.1) is 0 Å². The van der Waals surface area contributed by atoms with Crippen molar-refractivity contribution in [3.8, 4) is 17.1 Å². The van der Waals surface area contributed by atoms with Gasteiger partial charge in [-0.25, -0.2) is 4.98 Å². The molecule has 0 aliphatic heterocycles. The van der Waals surface area contributed by atoms with E-state index in [1.54, 1.807) is 19.2 Å². The predicted molar refractivity (Wildman–Crippen MR) is 85.9 cm³/mol. The zero-order valence-electron chi connectivity index (χ0n) is 12.0. The zero-order valence-corrected chi connectivity index (χ0v) is 12.7. The van der Waals surface area contributed by atoms with Gasteiger partial charge < -0.3 is 10.5 Å². The number of nitrogens with two attached hydrogens (primary N) is 1. The first-order valence-corrected chi connectivity index (χ1v) is 7.13. The number of H-pyrrole nitrogens is 1. The highest BCUT2D eigenvalue weighted by Gasteiger charge is 2.15. The van der Waals surface area contributed by atoms with Gasteiger partial charge in [0.05, 0.1) is 13.2 Å². The number of aromatic nitrogens is 3. The molecule has 0 amide bonds. The van der Waals surface area contributed by atoms with Crippen molar-refractivity contribution in [2.45, 2.75) is 6.04 Å². The molecule has 3 N–H and O–H groups in total. The summed E-state index contributed by atoms with van der Waals surface area (Å²) in [5.41, 5.74) is 7.99. The maximum absolute atomic E-state index is 6.21. The van der Waals surface area contributed by atoms with E-state index in [2.05, 4.69) is 15.2 Å². The van der Waals surface area contributed by atoms with Gasteiger partial charge in [-0.1, -0.05) is 35.9 Å². The van der Waals surface area contributed by atoms with Crippen molar-refractivity contribution in [1.29, 1.82) is 0 Å². The van der Waals surface area contributed by atoms with E-state index >= 15 is 0 Å². The Morgan fingerprint density at radius 2 is 1.95 bits per heavy atom. The first-order chi connectivity index (χ1) is 10.7. The van der Waals surface area contributed by atoms with Crippen molar-refractivity contribution in [2.24, 2.45) is 5.73 Å². The van der Waals surface area contributed by atoms with Crippen LogP contribution in [-0.2, 0) is 0 Å². The molecule has 0 aliphatic carbocycles. The van der Waals surface area contributed by atoms with Crippen LogP contribution < -0.4 is 10.5 Å². The van der Waals surface area contributed by atoms with Gasteiger partial charge in [-0.2, -0.15) is 5.10 Å². The molecule has 22 heavy (non-hydrogen) atoms. The molecular weight excluding hydrogens is 300 g/mol. The third-order valence-corrected chi connectivity index (χ3v) is 3.61. The van der Waals surface area contributed by atoms with Crippen LogP contribution in [0.25, 0.3) is 11.4 Å². The lowest BCUT2D eigenvalue weighted by atomic mass is 10.1. The molecule has 2 aromatic carbocycles. The molecule has 0 fully saturated rings. The lowest BCUT2D eigenvalue weighted by molar-refractivity contribution is 0.415. The van der Waals surface area contributed by atoms with Crippen LogP contribution in [0.4, 0.5) is 0 Å². The van der Waals surface area contributed by atoms with Crippen LogP contribution in [0.5, 0.6) is 5.75 Å². The molecule has 1 unspecified atom stereocenters. The number of aromatic amines is 1. The summed E-state index contributed by atoms with van der Waals surface area (Å²) in [6.07, 6.45) is 0. The van der Waals surface area contributed by atoms with E-state index < -0.39 is 0 Å². The number of rotatable bonds is 4. The molecule has 0 spiro atoms. The van der Waals surface area contributed by atoms with Crippen LogP contribution in [-0.4, -0.2) is 22.3 Å². The van der Waals surface area contributed by atoms with Gasteiger partial charge in [0.2, 0.25) is 0 Å². The first kappa shape index (κ1) is 14.6. The van der Waals surface area contributed by atoms with Gasteiger partial charge in [0.25, 0.3) is 0 Å². The van der Waals surface area contributed by atoms with Crippen LogP contribution in [0.1, 0.15) is 17.4 Å². The molecule has 5 nitrogen and oxygen atoms in total. The van der Waals surface area contributed by atoms with Crippen molar-refractivity contribution >= 4 is 11.6 Å². The number of benzene rings is 2. The van der Waals surface area contributed by atoms with Gasteiger partial charge in [0.15, 0.2) is 5.82 Å². The Labute approximate surface area is 133 Å². The molecule has 1 heterocycles. The van der Waals surface area contributed by atoms with Gasteiger partial charge in [-0.3, -0.25) is 5.10 Å². The summed E-state index contributed by atoms with van der Waals surface area (Å²) in [4.78, 5) is 4.47. The smallest absolute Gasteiger partial charge is 0.181 e. The SMILES string of the molecule is COc1cccc(-c2n[nH]c(C(N)c3ccc(Cl)cc3)n2)c1. The molecule has 0 bridgehead atoms. The van der Waals surface area contributed by atoms with E-state index in [1.807, 2.05) is 36.4 Å². The molecule has 112 valence electrons. The van der Waals surface area contributed by atoms with Crippen LogP contribution >= 0.6 is 11.6 Å². The second-order valence-corrected chi connectivity index (χ2v) is 5.24. The lowest BCUT2D eigenvalue weighted by Gasteiger charge is -2.08. The van der Waals surface area contributed by atoms with Crippen molar-refractivity contribution in [2.75, 3.05) is 7.11 Å². The average molecular weight is 315 g/mol. The molecule has 1 aromatic heterocycles. The lowest BCUT2D eigenvalue weighted by Crippen LogP contribution is -2.13. The molecule has 0 saturated heterocycles. The minimum absolute atomic E-state index is 0.385. The number of nitrogens with one attached hydrogen (secondary N) is 1. The number of nitrogens with zero attached hydrogens (tertiary/aromatic N) is 2. The molecule has 3 aromatic rings. The van der Waals surface area contributed by atoms with E-state index in [1.165, 1.54) is 0 Å². The van der Waals surface area contributed by atoms with Crippen molar-refractivity contribution < 1.29 is 4.74 Å². The van der Waals surface area contributed by atoms with Gasteiger partial charge in [-0.15, -0.1) is 0 Å². The second kappa shape index (κ2) is 6.17. The van der Waals surface area contributed by atoms with Crippen LogP contribution in [0.15, 0.2) is 48.5 Å². The van der Waals surface area contributed by atoms with E-state index in [9.17, 15) is 0 Å². The van der Waals surface area contributed by atoms with Gasteiger partial charge in [0.1, 0.15) is 11.6 Å². The number of hydrogen-bond donors (Lipinski definition) is 2. The molecule has 3 rings (SSSR count). The molecule has 0 radical (unpaired) electrons. The number of hydrogen-bond acceptors (Lipinski definition) is 4. The van der Waals surface area contributed by atoms with Crippen LogP contribution in [0.2, 0.25) is 5.02 Å². The van der Waals surface area contributed by atoms with E-state index in [0.29, 0.717) is 16.7 Å². The highest BCUT2D eigenvalue weighted by Crippen LogP contribution is 2.23. The maximum atomic E-state index is 6.21. The third-order valence-electron chi connectivity index (χ3n) is 3.35. The van der Waals surface area contributed by atoms with E-state index in [0.717, 1.165) is 16.9 Å². The topological polar surface area (TPSA) is 76.8 Å². The van der Waals surface area contributed by atoms with Crippen LogP contribution in [0.3, 0.4) is 0 Å². The monoisotopic (exact) mass is 314 g/mol. The van der Waals surface area contributed by atoms with Gasteiger partial charge in [0, 0.05) is 10.6 Å². The Bertz CT molecular complexity index is 770. The Hall–Kier alpha value is -2.37. The first-order valence-electron chi connectivity index (χ1n) is 6.75. The highest BCUT2D eigenvalue weighted by atomic mass is 35.5. The molecule has 0 saturated carbocycles. The summed E-state index contributed by atoms with van der Waals surface area (Å²) in [7, 11) is 1.62. The molecular formula is C16H15ClN4O. The summed E-state index contributed by atoms with van der Waals surface area (Å²) in [6.45, 7) is 0. The second-order valence-electron chi connectivity index (χ2n) is 4.81. The van der Waals surface area contributed by atoms with Crippen molar-refractivity contribution in [3.63, 3.8) is 0 Å². The van der Waals surface area contributed by atoms with Gasteiger partial charge in [-0.05, 0) is 29.8 Å². The quantitative estimate of drug-likeness (QED) is 0.775. The normalized spacial score (nSPS) is 12.1. The predicted octanol–water partition coefficient (Wildman–Crippen LogP) is 3.18. The Kier molecular flexibility index (Phi) is 4.09. The Morgan fingerprint density at radius 3 is 2.68 bits per heavy atom. The minimum Gasteiger partial charge on any atom is -0.497 e. The third kappa shape index (κ3) is 2.95. The average Bonchev–Trinajstić information content (AvgIpc) is 3.05. The summed E-state index contributed by atoms with van der Waals surface area (Å²) < 4.78 is 5.21. The fourth-order valence-electron chi connectivity index (χ4n) is 2.13.